The van der Waals surface area contributed by atoms with Gasteiger partial charge >= 0.3 is 82.9 Å². The molecule has 79 valence electrons. The third kappa shape index (κ3) is 4.20. The molecule has 0 heterocycles. The van der Waals surface area contributed by atoms with Crippen molar-refractivity contribution in [3.8, 4) is 5.75 Å². The Kier molecular flexibility index (Phi) is 7.99. The predicted molar refractivity (Wildman–Crippen MR) is 46.6 cm³/mol. The summed E-state index contributed by atoms with van der Waals surface area (Å²) in [6.45, 7) is 0. The van der Waals surface area contributed by atoms with Gasteiger partial charge in [0.2, 0.25) is 0 Å². The molecule has 0 unspecified atom stereocenters. The van der Waals surface area contributed by atoms with Crippen molar-refractivity contribution < 1.29 is 41.1 Å². The van der Waals surface area contributed by atoms with Crippen LogP contribution in [0.15, 0.2) is 24.3 Å². The Hall–Kier alpha value is 0.273. The van der Waals surface area contributed by atoms with Crippen molar-refractivity contribution in [3.05, 3.63) is 29.8 Å². The van der Waals surface area contributed by atoms with Gasteiger partial charge < -0.3 is 0 Å². The first-order valence-corrected chi connectivity index (χ1v) is 4.06. The molecule has 0 aliphatic carbocycles. The van der Waals surface area contributed by atoms with Crippen LogP contribution in [0.2, 0.25) is 0 Å². The fourth-order valence-electron chi connectivity index (χ4n) is 0.790. The number of hydrogen-bond acceptors (Lipinski definition) is 1. The molecule has 1 rings (SSSR count). The van der Waals surface area contributed by atoms with Gasteiger partial charge in [-0.05, 0) is 0 Å². The second kappa shape index (κ2) is 6.70. The molecule has 0 aliphatic rings. The topological polar surface area (TPSA) is 9.23 Å². The molecular formula is C7H6Cl2F3OZr. The molecule has 0 spiro atoms. The number of halogens is 5. The number of benzene rings is 1. The normalized spacial score (nSPS) is 9.57. The third-order valence-electron chi connectivity index (χ3n) is 1.30. The molecule has 0 atom stereocenters. The molecule has 0 saturated carbocycles. The minimum atomic E-state index is -4.33. The van der Waals surface area contributed by atoms with Crippen molar-refractivity contribution in [3.63, 3.8) is 0 Å². The molecular weight excluding hydrogens is 319 g/mol. The summed E-state index contributed by atoms with van der Waals surface area (Å²) in [4.78, 5) is 0. The third-order valence-corrected chi connectivity index (χ3v) is 1.84. The SMILES string of the molecule is Cl.Cl.FC(F)(F)c1ccccc1[O][Zr]. The van der Waals surface area contributed by atoms with E-state index in [1.165, 1.54) is 18.2 Å². The summed E-state index contributed by atoms with van der Waals surface area (Å²) in [5.74, 6) is -0.108. The number of hydrogen-bond donors (Lipinski definition) is 0. The fraction of sp³-hybridized carbons (Fsp3) is 0.143. The van der Waals surface area contributed by atoms with Crippen molar-refractivity contribution in [1.82, 2.24) is 0 Å². The molecule has 1 aromatic carbocycles. The molecule has 0 radical (unpaired) electrons. The molecule has 0 aromatic heterocycles. The van der Waals surface area contributed by atoms with E-state index in [0.29, 0.717) is 25.2 Å². The molecule has 0 aliphatic heterocycles. The zero-order chi connectivity index (χ0) is 9.19. The van der Waals surface area contributed by atoms with Gasteiger partial charge in [0.05, 0.1) is 0 Å². The second-order valence-corrected chi connectivity index (χ2v) is 2.60. The van der Waals surface area contributed by atoms with Gasteiger partial charge in [0.1, 0.15) is 0 Å². The maximum atomic E-state index is 12.2. The molecule has 0 N–H and O–H groups in total. The summed E-state index contributed by atoms with van der Waals surface area (Å²) in [5.41, 5.74) is -0.721. The van der Waals surface area contributed by atoms with E-state index in [4.69, 9.17) is 0 Å². The van der Waals surface area contributed by atoms with Crippen molar-refractivity contribution in [1.29, 1.82) is 0 Å². The van der Waals surface area contributed by atoms with Crippen LogP contribution in [-0.2, 0) is 31.3 Å². The first-order valence-electron chi connectivity index (χ1n) is 3.05. The first kappa shape index (κ1) is 16.7. The Labute approximate surface area is 107 Å². The Morgan fingerprint density at radius 3 is 1.93 bits per heavy atom. The molecule has 1 nitrogen and oxygen atoms in total. The zero-order valence-electron chi connectivity index (χ0n) is 6.67. The van der Waals surface area contributed by atoms with Crippen LogP contribution in [0.5, 0.6) is 5.75 Å². The molecule has 0 amide bonds. The summed E-state index contributed by atoms with van der Waals surface area (Å²) in [7, 11) is 0. The van der Waals surface area contributed by atoms with Crippen LogP contribution in [0.4, 0.5) is 13.2 Å². The molecule has 0 bridgehead atoms. The molecule has 0 saturated heterocycles. The average Bonchev–Trinajstić information content (AvgIpc) is 2.03. The van der Waals surface area contributed by atoms with Crippen LogP contribution in [-0.4, -0.2) is 0 Å². The molecule has 0 fully saturated rings. The van der Waals surface area contributed by atoms with Gasteiger partial charge in [-0.25, -0.2) is 0 Å². The molecule has 7 heteroatoms. The summed E-state index contributed by atoms with van der Waals surface area (Å²) in [6.07, 6.45) is -4.33. The van der Waals surface area contributed by atoms with Crippen LogP contribution >= 0.6 is 24.8 Å². The second-order valence-electron chi connectivity index (χ2n) is 2.10. The summed E-state index contributed by atoms with van der Waals surface area (Å²) in [6, 6.07) is 5.15. The van der Waals surface area contributed by atoms with Gasteiger partial charge in [-0.2, -0.15) is 0 Å². The van der Waals surface area contributed by atoms with Crippen LogP contribution in [0, 0.1) is 0 Å². The van der Waals surface area contributed by atoms with E-state index in [0.717, 1.165) is 6.07 Å². The number of para-hydroxylation sites is 1. The van der Waals surface area contributed by atoms with Crippen LogP contribution in [0.25, 0.3) is 0 Å². The van der Waals surface area contributed by atoms with E-state index >= 15 is 0 Å². The van der Waals surface area contributed by atoms with Gasteiger partial charge in [-0.1, -0.05) is 0 Å². The van der Waals surface area contributed by atoms with E-state index < -0.39 is 11.7 Å². The monoisotopic (exact) mass is 323 g/mol. The predicted octanol–water partition coefficient (Wildman–Crippen LogP) is 3.39. The average molecular weight is 325 g/mol. The Morgan fingerprint density at radius 2 is 1.57 bits per heavy atom. The molecule has 14 heavy (non-hydrogen) atoms. The Balaban J connectivity index is 0. The van der Waals surface area contributed by atoms with E-state index in [-0.39, 0.29) is 30.6 Å². The van der Waals surface area contributed by atoms with Gasteiger partial charge in [-0.15, -0.1) is 24.8 Å². The van der Waals surface area contributed by atoms with Crippen molar-refractivity contribution in [2.75, 3.05) is 0 Å². The van der Waals surface area contributed by atoms with Crippen LogP contribution in [0.1, 0.15) is 5.56 Å². The van der Waals surface area contributed by atoms with E-state index in [1.54, 1.807) is 0 Å². The Morgan fingerprint density at radius 1 is 1.07 bits per heavy atom. The van der Waals surface area contributed by atoms with Crippen LogP contribution in [0.3, 0.4) is 0 Å². The summed E-state index contributed by atoms with van der Waals surface area (Å²) >= 11 is 0.595. The van der Waals surface area contributed by atoms with E-state index in [1.807, 2.05) is 0 Å². The first-order chi connectivity index (χ1) is 5.55. The summed E-state index contributed by atoms with van der Waals surface area (Å²) < 4.78 is 41.1. The maximum absolute atomic E-state index is 12.2. The van der Waals surface area contributed by atoms with Gasteiger partial charge in [0.15, 0.2) is 0 Å². The minimum absolute atomic E-state index is 0. The van der Waals surface area contributed by atoms with Gasteiger partial charge in [0, 0.05) is 0 Å². The number of alkyl halides is 3. The van der Waals surface area contributed by atoms with Crippen molar-refractivity contribution in [2.24, 2.45) is 0 Å². The van der Waals surface area contributed by atoms with Crippen molar-refractivity contribution in [2.45, 2.75) is 6.18 Å². The summed E-state index contributed by atoms with van der Waals surface area (Å²) in [5, 5.41) is 0. The standard InChI is InChI=1S/C7H5F3O.2ClH.Zr/c8-7(9,10)5-3-1-2-4-6(5)11;;;/h1-4,11H;2*1H;/q;;;+1/p-1. The fourth-order valence-corrected chi connectivity index (χ4v) is 1.23. The quantitative estimate of drug-likeness (QED) is 0.769. The molecule has 1 aromatic rings. The zero-order valence-corrected chi connectivity index (χ0v) is 10.8. The van der Waals surface area contributed by atoms with E-state index in [9.17, 15) is 13.2 Å². The van der Waals surface area contributed by atoms with Crippen LogP contribution < -0.4 is 2.81 Å². The van der Waals surface area contributed by atoms with Gasteiger partial charge in [0.25, 0.3) is 0 Å². The Bertz CT molecular complexity index is 280. The van der Waals surface area contributed by atoms with Gasteiger partial charge in [-0.3, -0.25) is 0 Å². The number of rotatable bonds is 1. The van der Waals surface area contributed by atoms with E-state index in [2.05, 4.69) is 2.81 Å². The van der Waals surface area contributed by atoms with Crippen molar-refractivity contribution >= 4 is 24.8 Å².